The van der Waals surface area contributed by atoms with Crippen LogP contribution in [0.2, 0.25) is 5.02 Å². The average Bonchev–Trinajstić information content (AvgIpc) is 3.66. The van der Waals surface area contributed by atoms with Crippen molar-refractivity contribution in [3.8, 4) is 11.5 Å². The Labute approximate surface area is 312 Å². The molecule has 53 heavy (non-hydrogen) atoms. The average molecular weight is 751 g/mol. The highest BCUT2D eigenvalue weighted by molar-refractivity contribution is 6.32. The van der Waals surface area contributed by atoms with E-state index in [0.29, 0.717) is 54.2 Å². The molecular weight excluding hydrogens is 707 g/mol. The minimum absolute atomic E-state index is 0.0995. The number of allylic oxidation sites excluding steroid dienone is 2. The van der Waals surface area contributed by atoms with Crippen LogP contribution in [0, 0.1) is 0 Å². The number of esters is 1. The van der Waals surface area contributed by atoms with Crippen LogP contribution in [-0.2, 0) is 32.2 Å². The van der Waals surface area contributed by atoms with Crippen molar-refractivity contribution in [2.24, 2.45) is 0 Å². The normalized spacial score (nSPS) is 19.5. The Kier molecular flexibility index (Phi) is 13.5. The van der Waals surface area contributed by atoms with Gasteiger partial charge in [0.25, 0.3) is 0 Å². The Morgan fingerprint density at radius 2 is 1.91 bits per heavy atom. The van der Waals surface area contributed by atoms with E-state index in [4.69, 9.17) is 39.9 Å². The molecule has 4 aromatic rings. The van der Waals surface area contributed by atoms with Gasteiger partial charge in [0.15, 0.2) is 11.8 Å². The number of aromatic nitrogens is 2. The molecule has 3 unspecified atom stereocenters. The molecule has 12 nitrogen and oxygen atoms in total. The molecule has 0 radical (unpaired) electrons. The van der Waals surface area contributed by atoms with Crippen molar-refractivity contribution >= 4 is 34.2 Å². The van der Waals surface area contributed by atoms with Crippen molar-refractivity contribution in [3.05, 3.63) is 101 Å². The first-order chi connectivity index (χ1) is 25.9. The highest BCUT2D eigenvalue weighted by atomic mass is 35.5. The van der Waals surface area contributed by atoms with Crippen LogP contribution in [0.1, 0.15) is 30.0 Å². The van der Waals surface area contributed by atoms with Crippen LogP contribution < -0.4 is 14.8 Å². The van der Waals surface area contributed by atoms with E-state index < -0.39 is 30.4 Å². The van der Waals surface area contributed by atoms with Gasteiger partial charge in [-0.05, 0) is 64.6 Å². The Bertz CT molecular complexity index is 1870. The van der Waals surface area contributed by atoms with Crippen LogP contribution >= 0.6 is 11.6 Å². The fourth-order valence-electron chi connectivity index (χ4n) is 6.21. The summed E-state index contributed by atoms with van der Waals surface area (Å²) < 4.78 is 51.3. The molecule has 0 spiro atoms. The van der Waals surface area contributed by atoms with Gasteiger partial charge in [-0.2, -0.15) is 0 Å². The van der Waals surface area contributed by atoms with Gasteiger partial charge < -0.3 is 28.8 Å². The molecule has 1 aromatic heterocycles. The lowest BCUT2D eigenvalue weighted by molar-refractivity contribution is -0.146. The third-order valence-electron chi connectivity index (χ3n) is 9.13. The lowest BCUT2D eigenvalue weighted by atomic mass is 9.84. The summed E-state index contributed by atoms with van der Waals surface area (Å²) in [7, 11) is 0. The zero-order valence-corrected chi connectivity index (χ0v) is 30.3. The van der Waals surface area contributed by atoms with Crippen LogP contribution in [0.5, 0.6) is 11.5 Å². The van der Waals surface area contributed by atoms with E-state index in [1.54, 1.807) is 49.4 Å². The zero-order valence-electron chi connectivity index (χ0n) is 29.5. The third kappa shape index (κ3) is 9.79. The smallest absolute Gasteiger partial charge is 0.325 e. The maximum absolute atomic E-state index is 16.8. The number of nitrogens with zero attached hydrogens (tertiary/aromatic N) is 3. The molecule has 0 bridgehead atoms. The summed E-state index contributed by atoms with van der Waals surface area (Å²) in [6.07, 6.45) is 4.43. The minimum Gasteiger partial charge on any atom is -0.488 e. The zero-order chi connectivity index (χ0) is 37.0. The van der Waals surface area contributed by atoms with Gasteiger partial charge in [0.05, 0.1) is 31.5 Å². The molecule has 3 atom stereocenters. The summed E-state index contributed by atoms with van der Waals surface area (Å²) in [5.74, 6) is 0.0501. The largest absolute Gasteiger partial charge is 0.488 e. The van der Waals surface area contributed by atoms with Crippen molar-refractivity contribution < 1.29 is 42.6 Å². The van der Waals surface area contributed by atoms with Crippen LogP contribution in [-0.4, -0.2) is 103 Å². The van der Waals surface area contributed by atoms with E-state index in [1.807, 2.05) is 36.4 Å². The second-order valence-corrected chi connectivity index (χ2v) is 13.2. The second kappa shape index (κ2) is 18.6. The van der Waals surface area contributed by atoms with Gasteiger partial charge in [0.1, 0.15) is 41.8 Å². The highest BCUT2D eigenvalue weighted by Gasteiger charge is 2.43. The predicted molar refractivity (Wildman–Crippen MR) is 196 cm³/mol. The lowest BCUT2D eigenvalue weighted by Gasteiger charge is -2.37. The maximum Gasteiger partial charge on any atom is 0.325 e. The third-order valence-corrected chi connectivity index (χ3v) is 9.43. The molecule has 2 N–H and O–H groups in total. The Morgan fingerprint density at radius 3 is 2.70 bits per heavy atom. The Morgan fingerprint density at radius 1 is 1.09 bits per heavy atom. The molecule has 2 aliphatic rings. The van der Waals surface area contributed by atoms with Gasteiger partial charge in [0.2, 0.25) is 0 Å². The standard InChI is InChI=1S/C39H44ClFN4O8/c1-2-49-38(47)34(24-46)42-23-29-21-31(40)36(22-35(29)50-25-27-11-12-32-33(20-27)44-53-43-32)51-26-39(52-17-7-14-45-15-18-48-19-16-45)13-6-10-30(37(39)41)28-8-4-3-5-9-28/h3-6,8-13,20-22,34,37,42,46H,2,7,14-19,23-26H2,1H3. The number of carbonyl (C=O) groups is 1. The molecule has 2 heterocycles. The van der Waals surface area contributed by atoms with Crippen molar-refractivity contribution in [1.82, 2.24) is 20.5 Å². The maximum atomic E-state index is 16.8. The molecule has 0 saturated carbocycles. The summed E-state index contributed by atoms with van der Waals surface area (Å²) in [5, 5.41) is 20.9. The first-order valence-corrected chi connectivity index (χ1v) is 18.1. The van der Waals surface area contributed by atoms with Crippen molar-refractivity contribution in [2.45, 2.75) is 44.3 Å². The molecule has 1 aliphatic heterocycles. The monoisotopic (exact) mass is 750 g/mol. The highest BCUT2D eigenvalue weighted by Crippen LogP contribution is 2.39. The quantitative estimate of drug-likeness (QED) is 0.101. The Balaban J connectivity index is 1.23. The van der Waals surface area contributed by atoms with Crippen LogP contribution in [0.15, 0.2) is 83.5 Å². The minimum atomic E-state index is -1.55. The number of carbonyl (C=O) groups excluding carboxylic acids is 1. The number of aliphatic hydroxyl groups excluding tert-OH is 1. The van der Waals surface area contributed by atoms with Crippen molar-refractivity contribution in [3.63, 3.8) is 0 Å². The predicted octanol–water partition coefficient (Wildman–Crippen LogP) is 5.32. The molecule has 1 aliphatic carbocycles. The molecule has 1 saturated heterocycles. The molecule has 6 rings (SSSR count). The van der Waals surface area contributed by atoms with Crippen LogP contribution in [0.25, 0.3) is 16.6 Å². The number of aliphatic hydroxyl groups is 1. The first kappa shape index (κ1) is 38.4. The molecule has 1 fully saturated rings. The number of benzene rings is 3. The van der Waals surface area contributed by atoms with Gasteiger partial charge in [-0.15, -0.1) is 0 Å². The topological polar surface area (TPSA) is 138 Å². The van der Waals surface area contributed by atoms with Gasteiger partial charge in [-0.3, -0.25) is 15.0 Å². The van der Waals surface area contributed by atoms with Crippen LogP contribution in [0.3, 0.4) is 0 Å². The number of nitrogens with one attached hydrogen (secondary N) is 1. The SMILES string of the molecule is CCOC(=O)C(CO)NCc1cc(Cl)c(OCC2(OCCCN3CCOCC3)C=CC=C(c3ccccc3)C2F)cc1OCc1ccc2nonc2c1. The van der Waals surface area contributed by atoms with Gasteiger partial charge in [0, 0.05) is 44.4 Å². The number of morpholine rings is 1. The number of hydrogen-bond donors (Lipinski definition) is 2. The van der Waals surface area contributed by atoms with E-state index in [-0.39, 0.29) is 37.1 Å². The molecule has 282 valence electrons. The van der Waals surface area contributed by atoms with E-state index >= 15 is 4.39 Å². The van der Waals surface area contributed by atoms with E-state index in [0.717, 1.165) is 30.8 Å². The fraction of sp³-hybridized carbons (Fsp3) is 0.410. The number of ether oxygens (including phenoxy) is 5. The second-order valence-electron chi connectivity index (χ2n) is 12.7. The van der Waals surface area contributed by atoms with Crippen LogP contribution in [0.4, 0.5) is 4.39 Å². The van der Waals surface area contributed by atoms with E-state index in [9.17, 15) is 9.90 Å². The molecular formula is C39H44ClFN4O8. The van der Waals surface area contributed by atoms with E-state index in [2.05, 4.69) is 20.5 Å². The number of hydrogen-bond acceptors (Lipinski definition) is 12. The molecule has 0 amide bonds. The first-order valence-electron chi connectivity index (χ1n) is 17.7. The summed E-state index contributed by atoms with van der Waals surface area (Å²) >= 11 is 6.82. The lowest BCUT2D eigenvalue weighted by Crippen LogP contribution is -2.48. The summed E-state index contributed by atoms with van der Waals surface area (Å²) in [5.41, 5.74) is 2.35. The number of halogens is 2. The molecule has 3 aromatic carbocycles. The van der Waals surface area contributed by atoms with Gasteiger partial charge in [-0.1, -0.05) is 60.2 Å². The van der Waals surface area contributed by atoms with Gasteiger partial charge in [-0.25, -0.2) is 9.02 Å². The summed E-state index contributed by atoms with van der Waals surface area (Å²) in [6.45, 7) is 5.64. The molecule has 14 heteroatoms. The van der Waals surface area contributed by atoms with Crippen molar-refractivity contribution in [2.75, 3.05) is 59.3 Å². The van der Waals surface area contributed by atoms with E-state index in [1.165, 1.54) is 0 Å². The number of alkyl halides is 1. The Hall–Kier alpha value is -4.37. The van der Waals surface area contributed by atoms with Crippen molar-refractivity contribution in [1.29, 1.82) is 0 Å². The number of fused-ring (bicyclic) bond motifs is 1. The fourth-order valence-corrected chi connectivity index (χ4v) is 6.45. The summed E-state index contributed by atoms with van der Waals surface area (Å²) in [6, 6.07) is 17.1. The number of rotatable bonds is 18. The van der Waals surface area contributed by atoms with Gasteiger partial charge >= 0.3 is 5.97 Å². The summed E-state index contributed by atoms with van der Waals surface area (Å²) in [4.78, 5) is 14.7.